The van der Waals surface area contributed by atoms with Gasteiger partial charge in [0, 0.05) is 18.9 Å². The third kappa shape index (κ3) is 2.60. The van der Waals surface area contributed by atoms with E-state index in [0.29, 0.717) is 5.65 Å². The molecule has 5 nitrogen and oxygen atoms in total. The van der Waals surface area contributed by atoms with E-state index in [-0.39, 0.29) is 0 Å². The fraction of sp³-hybridized carbons (Fsp3) is 0.143. The van der Waals surface area contributed by atoms with E-state index in [1.165, 1.54) is 10.4 Å². The van der Waals surface area contributed by atoms with Gasteiger partial charge in [0.1, 0.15) is 5.52 Å². The lowest BCUT2D eigenvalue weighted by molar-refractivity contribution is 0.944. The minimum absolute atomic E-state index is 0.651. The maximum Gasteiger partial charge on any atom is 0.223 e. The lowest BCUT2D eigenvalue weighted by atomic mass is 10.4. The second kappa shape index (κ2) is 6.55. The predicted molar refractivity (Wildman–Crippen MR) is 110 cm³/mol. The molecule has 1 saturated heterocycles. The summed E-state index contributed by atoms with van der Waals surface area (Å²) in [5.74, 6) is 0.764. The molecule has 6 heteroatoms. The molecule has 2 aromatic heterocycles. The van der Waals surface area contributed by atoms with Gasteiger partial charge in [0.25, 0.3) is 0 Å². The van der Waals surface area contributed by atoms with E-state index in [4.69, 9.17) is 4.98 Å². The van der Waals surface area contributed by atoms with Crippen LogP contribution in [0.25, 0.3) is 11.2 Å². The van der Waals surface area contributed by atoms with Gasteiger partial charge in [0.05, 0.1) is 6.20 Å². The second-order valence-electron chi connectivity index (χ2n) is 6.78. The number of benzene rings is 2. The summed E-state index contributed by atoms with van der Waals surface area (Å²) in [6.45, 7) is 0.960. The van der Waals surface area contributed by atoms with E-state index in [1.54, 1.807) is 18.6 Å². The number of nitrogens with zero attached hydrogens (tertiary/aromatic N) is 5. The van der Waals surface area contributed by atoms with Crippen LogP contribution < -0.4 is 14.9 Å². The first-order valence-corrected chi connectivity index (χ1v) is 11.4. The van der Waals surface area contributed by atoms with Crippen LogP contribution in [0.1, 0.15) is 6.42 Å². The van der Waals surface area contributed by atoms with Gasteiger partial charge in [0.15, 0.2) is 5.65 Å². The molecule has 1 aliphatic heterocycles. The third-order valence-corrected chi connectivity index (χ3v) is 10.3. The first-order valence-electron chi connectivity index (χ1n) is 9.20. The van der Waals surface area contributed by atoms with Crippen molar-refractivity contribution in [3.63, 3.8) is 0 Å². The van der Waals surface area contributed by atoms with Crippen molar-refractivity contribution in [3.8, 4) is 0 Å². The molecule has 0 spiro atoms. The standard InChI is InChI=1S/C21H19N5Si/c1-3-8-17(9-4-1)27(18-10-5-2-6-11-18)15-7-14-26(27)21-24-16-19-20(25-21)23-13-12-22-19/h1-6,8-13,16H,7,14-15H2. The van der Waals surface area contributed by atoms with Crippen molar-refractivity contribution in [3.05, 3.63) is 79.3 Å². The Morgan fingerprint density at radius 1 is 0.778 bits per heavy atom. The van der Waals surface area contributed by atoms with Crippen molar-refractivity contribution in [2.24, 2.45) is 0 Å². The van der Waals surface area contributed by atoms with Crippen LogP contribution in [0.4, 0.5) is 5.95 Å². The summed E-state index contributed by atoms with van der Waals surface area (Å²) < 4.78 is 2.46. The lowest BCUT2D eigenvalue weighted by Crippen LogP contribution is -2.67. The van der Waals surface area contributed by atoms with Crippen molar-refractivity contribution in [2.45, 2.75) is 12.5 Å². The van der Waals surface area contributed by atoms with Gasteiger partial charge in [-0.2, -0.15) is 4.98 Å². The molecular formula is C21H19N5Si. The second-order valence-corrected chi connectivity index (χ2v) is 10.7. The fourth-order valence-electron chi connectivity index (χ4n) is 4.18. The number of anilines is 1. The van der Waals surface area contributed by atoms with E-state index >= 15 is 0 Å². The molecule has 0 N–H and O–H groups in total. The Kier molecular flexibility index (Phi) is 3.90. The van der Waals surface area contributed by atoms with Crippen molar-refractivity contribution in [1.29, 1.82) is 0 Å². The van der Waals surface area contributed by atoms with Crippen molar-refractivity contribution in [1.82, 2.24) is 19.9 Å². The smallest absolute Gasteiger partial charge is 0.223 e. The average molecular weight is 370 g/mol. The van der Waals surface area contributed by atoms with Crippen molar-refractivity contribution in [2.75, 3.05) is 11.1 Å². The highest BCUT2D eigenvalue weighted by atomic mass is 28.3. The molecule has 2 aromatic carbocycles. The molecule has 132 valence electrons. The minimum Gasteiger partial charge on any atom is -0.359 e. The summed E-state index contributed by atoms with van der Waals surface area (Å²) >= 11 is 0. The Morgan fingerprint density at radius 3 is 2.15 bits per heavy atom. The van der Waals surface area contributed by atoms with Crippen LogP contribution in [0.2, 0.25) is 6.04 Å². The van der Waals surface area contributed by atoms with Crippen LogP contribution in [0, 0.1) is 0 Å². The molecule has 1 fully saturated rings. The number of hydrogen-bond donors (Lipinski definition) is 0. The van der Waals surface area contributed by atoms with Gasteiger partial charge in [-0.05, 0) is 22.8 Å². The van der Waals surface area contributed by atoms with Crippen LogP contribution in [0.3, 0.4) is 0 Å². The molecule has 4 aromatic rings. The molecule has 0 saturated carbocycles. The Bertz CT molecular complexity index is 1030. The molecule has 27 heavy (non-hydrogen) atoms. The lowest BCUT2D eigenvalue weighted by Gasteiger charge is -2.37. The van der Waals surface area contributed by atoms with Gasteiger partial charge in [-0.3, -0.25) is 0 Å². The topological polar surface area (TPSA) is 54.8 Å². The van der Waals surface area contributed by atoms with Crippen LogP contribution in [-0.4, -0.2) is 34.7 Å². The van der Waals surface area contributed by atoms with E-state index in [2.05, 4.69) is 80.2 Å². The highest BCUT2D eigenvalue weighted by molar-refractivity contribution is 7.05. The van der Waals surface area contributed by atoms with Crippen LogP contribution in [-0.2, 0) is 0 Å². The Labute approximate surface area is 158 Å². The van der Waals surface area contributed by atoms with E-state index in [9.17, 15) is 0 Å². The van der Waals surface area contributed by atoms with Crippen LogP contribution >= 0.6 is 0 Å². The molecule has 1 aliphatic rings. The van der Waals surface area contributed by atoms with Crippen LogP contribution in [0.5, 0.6) is 0 Å². The Balaban J connectivity index is 1.72. The summed E-state index contributed by atoms with van der Waals surface area (Å²) in [5, 5.41) is 2.80. The van der Waals surface area contributed by atoms with E-state index < -0.39 is 8.24 Å². The number of fused-ring (bicyclic) bond motifs is 1. The molecule has 0 bridgehead atoms. The van der Waals surface area contributed by atoms with Gasteiger partial charge < -0.3 is 4.57 Å². The largest absolute Gasteiger partial charge is 0.359 e. The molecular weight excluding hydrogens is 350 g/mol. The molecule has 5 rings (SSSR count). The predicted octanol–water partition coefficient (Wildman–Crippen LogP) is 2.39. The van der Waals surface area contributed by atoms with E-state index in [0.717, 1.165) is 30.5 Å². The monoisotopic (exact) mass is 369 g/mol. The minimum atomic E-state index is -2.18. The zero-order valence-corrected chi connectivity index (χ0v) is 15.9. The fourth-order valence-corrected chi connectivity index (χ4v) is 9.13. The highest BCUT2D eigenvalue weighted by Crippen LogP contribution is 2.30. The van der Waals surface area contributed by atoms with Crippen molar-refractivity contribution < 1.29 is 0 Å². The van der Waals surface area contributed by atoms with E-state index in [1.807, 2.05) is 0 Å². The van der Waals surface area contributed by atoms with Crippen molar-refractivity contribution >= 4 is 35.7 Å². The van der Waals surface area contributed by atoms with Gasteiger partial charge in [0.2, 0.25) is 14.2 Å². The molecule has 0 amide bonds. The quantitative estimate of drug-likeness (QED) is 0.519. The highest BCUT2D eigenvalue weighted by Gasteiger charge is 2.48. The summed E-state index contributed by atoms with van der Waals surface area (Å²) in [4.78, 5) is 18.2. The zero-order valence-electron chi connectivity index (χ0n) is 14.9. The van der Waals surface area contributed by atoms with Gasteiger partial charge in [-0.1, -0.05) is 60.7 Å². The Hall–Kier alpha value is -3.12. The summed E-state index contributed by atoms with van der Waals surface area (Å²) in [7, 11) is -2.18. The van der Waals surface area contributed by atoms with Gasteiger partial charge in [-0.15, -0.1) is 0 Å². The van der Waals surface area contributed by atoms with Gasteiger partial charge >= 0.3 is 0 Å². The average Bonchev–Trinajstić information content (AvgIpc) is 3.21. The molecule has 0 aliphatic carbocycles. The summed E-state index contributed by atoms with van der Waals surface area (Å²) in [6, 6.07) is 22.9. The first kappa shape index (κ1) is 16.1. The number of aromatic nitrogens is 4. The normalized spacial score (nSPS) is 15.9. The SMILES string of the molecule is c1ccc([Si]2(c3ccccc3)CCCN2c2ncc3nccnc3n2)cc1. The maximum absolute atomic E-state index is 4.78. The van der Waals surface area contributed by atoms with Gasteiger partial charge in [-0.25, -0.2) is 15.0 Å². The third-order valence-electron chi connectivity index (χ3n) is 5.34. The number of hydrogen-bond acceptors (Lipinski definition) is 5. The molecule has 0 atom stereocenters. The molecule has 0 radical (unpaired) electrons. The summed E-state index contributed by atoms with van der Waals surface area (Å²) in [5.41, 5.74) is 1.38. The molecule has 3 heterocycles. The first-order chi connectivity index (χ1) is 13.4. The summed E-state index contributed by atoms with van der Waals surface area (Å²) in [6.07, 6.45) is 6.28. The van der Waals surface area contributed by atoms with Crippen LogP contribution in [0.15, 0.2) is 79.3 Å². The Morgan fingerprint density at radius 2 is 1.44 bits per heavy atom. The number of rotatable bonds is 3. The molecule has 0 unspecified atom stereocenters. The maximum atomic E-state index is 4.78. The zero-order chi connectivity index (χ0) is 18.1.